The molecular weight excluding hydrogens is 204 g/mol. The van der Waals surface area contributed by atoms with E-state index in [4.69, 9.17) is 11.6 Å². The van der Waals surface area contributed by atoms with Crippen LogP contribution in [0.1, 0.15) is 37.3 Å². The fraction of sp³-hybridized carbons (Fsp3) is 0.429. The SMILES string of the molecule is Cc1ccc(C2=CCC(C)CC2)cc1Cl. The van der Waals surface area contributed by atoms with Gasteiger partial charge in [-0.15, -0.1) is 0 Å². The van der Waals surface area contributed by atoms with Gasteiger partial charge in [0.1, 0.15) is 0 Å². The Labute approximate surface area is 97.0 Å². The van der Waals surface area contributed by atoms with E-state index in [9.17, 15) is 0 Å². The summed E-state index contributed by atoms with van der Waals surface area (Å²) in [7, 11) is 0. The summed E-state index contributed by atoms with van der Waals surface area (Å²) in [5, 5.41) is 0.882. The van der Waals surface area contributed by atoms with Crippen LogP contribution >= 0.6 is 11.6 Å². The smallest absolute Gasteiger partial charge is 0.0441 e. The summed E-state index contributed by atoms with van der Waals surface area (Å²) in [4.78, 5) is 0. The van der Waals surface area contributed by atoms with Crippen molar-refractivity contribution >= 4 is 17.2 Å². The lowest BCUT2D eigenvalue weighted by Crippen LogP contribution is -2.00. The number of hydrogen-bond donors (Lipinski definition) is 0. The Morgan fingerprint density at radius 1 is 1.33 bits per heavy atom. The molecular formula is C14H17Cl. The molecule has 0 bridgehead atoms. The maximum absolute atomic E-state index is 6.13. The minimum absolute atomic E-state index is 0.842. The number of allylic oxidation sites excluding steroid dienone is 2. The first-order valence-corrected chi connectivity index (χ1v) is 6.00. The zero-order valence-electron chi connectivity index (χ0n) is 9.39. The number of aryl methyl sites for hydroxylation is 1. The molecule has 0 saturated heterocycles. The summed E-state index contributed by atoms with van der Waals surface area (Å²) in [6.45, 7) is 4.36. The summed E-state index contributed by atoms with van der Waals surface area (Å²) < 4.78 is 0. The summed E-state index contributed by atoms with van der Waals surface area (Å²) in [5.74, 6) is 0.842. The van der Waals surface area contributed by atoms with Gasteiger partial charge >= 0.3 is 0 Å². The van der Waals surface area contributed by atoms with Crippen molar-refractivity contribution in [2.45, 2.75) is 33.1 Å². The summed E-state index contributed by atoms with van der Waals surface area (Å²) in [6, 6.07) is 6.39. The number of rotatable bonds is 1. The van der Waals surface area contributed by atoms with Crippen molar-refractivity contribution in [2.24, 2.45) is 5.92 Å². The first-order valence-electron chi connectivity index (χ1n) is 5.62. The van der Waals surface area contributed by atoms with Gasteiger partial charge < -0.3 is 0 Å². The van der Waals surface area contributed by atoms with Gasteiger partial charge in [-0.1, -0.05) is 36.7 Å². The molecule has 0 saturated carbocycles. The molecule has 0 amide bonds. The third-order valence-corrected chi connectivity index (χ3v) is 3.62. The molecule has 1 aromatic rings. The molecule has 0 spiro atoms. The van der Waals surface area contributed by atoms with E-state index in [1.54, 1.807) is 0 Å². The van der Waals surface area contributed by atoms with Gasteiger partial charge in [0, 0.05) is 5.02 Å². The van der Waals surface area contributed by atoms with Crippen LogP contribution in [0, 0.1) is 12.8 Å². The van der Waals surface area contributed by atoms with Gasteiger partial charge in [0.05, 0.1) is 0 Å². The molecule has 80 valence electrons. The van der Waals surface area contributed by atoms with E-state index in [0.29, 0.717) is 0 Å². The highest BCUT2D eigenvalue weighted by Gasteiger charge is 2.11. The van der Waals surface area contributed by atoms with E-state index in [1.807, 2.05) is 6.92 Å². The van der Waals surface area contributed by atoms with Crippen molar-refractivity contribution in [3.8, 4) is 0 Å². The highest BCUT2D eigenvalue weighted by Crippen LogP contribution is 2.31. The van der Waals surface area contributed by atoms with Gasteiger partial charge in [0.25, 0.3) is 0 Å². The second kappa shape index (κ2) is 4.40. The molecule has 1 aromatic carbocycles. The van der Waals surface area contributed by atoms with E-state index in [2.05, 4.69) is 31.2 Å². The molecule has 0 aliphatic heterocycles. The van der Waals surface area contributed by atoms with Gasteiger partial charge in [0.2, 0.25) is 0 Å². The second-order valence-corrected chi connectivity index (χ2v) is 4.98. The second-order valence-electron chi connectivity index (χ2n) is 4.57. The first-order chi connectivity index (χ1) is 7.16. The van der Waals surface area contributed by atoms with Crippen LogP contribution < -0.4 is 0 Å². The van der Waals surface area contributed by atoms with Crippen LogP contribution in [0.3, 0.4) is 0 Å². The molecule has 0 heterocycles. The van der Waals surface area contributed by atoms with E-state index in [0.717, 1.165) is 16.5 Å². The van der Waals surface area contributed by atoms with Crippen LogP contribution in [0.5, 0.6) is 0 Å². The molecule has 0 N–H and O–H groups in total. The van der Waals surface area contributed by atoms with Crippen molar-refractivity contribution in [1.29, 1.82) is 0 Å². The van der Waals surface area contributed by atoms with Crippen molar-refractivity contribution in [1.82, 2.24) is 0 Å². The fourth-order valence-corrected chi connectivity index (χ4v) is 2.20. The Bertz CT molecular complexity index is 390. The molecule has 0 nitrogen and oxygen atoms in total. The molecule has 1 atom stereocenters. The minimum Gasteiger partial charge on any atom is -0.0840 e. The average Bonchev–Trinajstić information content (AvgIpc) is 2.23. The molecule has 1 aliphatic carbocycles. The monoisotopic (exact) mass is 220 g/mol. The van der Waals surface area contributed by atoms with Crippen molar-refractivity contribution in [3.05, 3.63) is 40.4 Å². The quantitative estimate of drug-likeness (QED) is 0.635. The topological polar surface area (TPSA) is 0 Å². The van der Waals surface area contributed by atoms with Crippen LogP contribution in [0.25, 0.3) is 5.57 Å². The highest BCUT2D eigenvalue weighted by atomic mass is 35.5. The van der Waals surface area contributed by atoms with Gasteiger partial charge in [0.15, 0.2) is 0 Å². The summed E-state index contributed by atoms with van der Waals surface area (Å²) in [5.41, 5.74) is 3.93. The lowest BCUT2D eigenvalue weighted by molar-refractivity contribution is 0.534. The molecule has 0 radical (unpaired) electrons. The standard InChI is InChI=1S/C14H17Cl/c1-10-3-6-12(7-4-10)13-8-5-11(2)14(15)9-13/h5-6,8-10H,3-4,7H2,1-2H3. The van der Waals surface area contributed by atoms with Gasteiger partial charge in [-0.2, -0.15) is 0 Å². The van der Waals surface area contributed by atoms with Crippen molar-refractivity contribution in [2.75, 3.05) is 0 Å². The lowest BCUT2D eigenvalue weighted by Gasteiger charge is -2.18. The van der Waals surface area contributed by atoms with Gasteiger partial charge in [-0.3, -0.25) is 0 Å². The Balaban J connectivity index is 2.26. The Kier molecular flexibility index (Phi) is 3.16. The normalized spacial score (nSPS) is 21.3. The van der Waals surface area contributed by atoms with Crippen LogP contribution in [-0.4, -0.2) is 0 Å². The van der Waals surface area contributed by atoms with E-state index < -0.39 is 0 Å². The number of halogens is 1. The summed E-state index contributed by atoms with van der Waals surface area (Å²) in [6.07, 6.45) is 6.08. The predicted octanol–water partition coefficient (Wildman–Crippen LogP) is 4.85. The van der Waals surface area contributed by atoms with Crippen molar-refractivity contribution in [3.63, 3.8) is 0 Å². The third kappa shape index (κ3) is 2.43. The van der Waals surface area contributed by atoms with Gasteiger partial charge in [-0.05, 0) is 54.9 Å². The largest absolute Gasteiger partial charge is 0.0840 e. The van der Waals surface area contributed by atoms with E-state index in [-0.39, 0.29) is 0 Å². The first kappa shape index (κ1) is 10.8. The zero-order chi connectivity index (χ0) is 10.8. The number of hydrogen-bond acceptors (Lipinski definition) is 0. The van der Waals surface area contributed by atoms with E-state index in [1.165, 1.54) is 30.4 Å². The van der Waals surface area contributed by atoms with Crippen LogP contribution in [0.2, 0.25) is 5.02 Å². The maximum atomic E-state index is 6.13. The summed E-state index contributed by atoms with van der Waals surface area (Å²) >= 11 is 6.13. The molecule has 1 heteroatoms. The average molecular weight is 221 g/mol. The lowest BCUT2D eigenvalue weighted by atomic mass is 9.87. The van der Waals surface area contributed by atoms with Crippen LogP contribution in [0.4, 0.5) is 0 Å². The third-order valence-electron chi connectivity index (χ3n) is 3.22. The molecule has 15 heavy (non-hydrogen) atoms. The Morgan fingerprint density at radius 2 is 2.13 bits per heavy atom. The Hall–Kier alpha value is -0.750. The maximum Gasteiger partial charge on any atom is 0.0441 e. The molecule has 1 unspecified atom stereocenters. The van der Waals surface area contributed by atoms with Crippen LogP contribution in [-0.2, 0) is 0 Å². The molecule has 0 fully saturated rings. The van der Waals surface area contributed by atoms with Crippen LogP contribution in [0.15, 0.2) is 24.3 Å². The minimum atomic E-state index is 0.842. The highest BCUT2D eigenvalue weighted by molar-refractivity contribution is 6.31. The fourth-order valence-electron chi connectivity index (χ4n) is 2.02. The molecule has 1 aliphatic rings. The zero-order valence-corrected chi connectivity index (χ0v) is 10.1. The van der Waals surface area contributed by atoms with Gasteiger partial charge in [-0.25, -0.2) is 0 Å². The predicted molar refractivity (Wildman–Crippen MR) is 67.2 cm³/mol. The molecule has 0 aromatic heterocycles. The molecule has 2 rings (SSSR count). The Morgan fingerprint density at radius 3 is 2.73 bits per heavy atom. The van der Waals surface area contributed by atoms with Crippen molar-refractivity contribution < 1.29 is 0 Å². The van der Waals surface area contributed by atoms with E-state index >= 15 is 0 Å². The number of benzene rings is 1.